The minimum Gasteiger partial charge on any atom is -0.304 e. The molecule has 0 fully saturated rings. The highest BCUT2D eigenvalue weighted by molar-refractivity contribution is 6.31. The monoisotopic (exact) mass is 185 g/mol. The zero-order valence-corrected chi connectivity index (χ0v) is 7.77. The molecule has 1 aromatic rings. The SMILES string of the molecule is Cc1ccc(Cl)c(CCON)c1. The average molecular weight is 186 g/mol. The van der Waals surface area contributed by atoms with E-state index in [-0.39, 0.29) is 0 Å². The van der Waals surface area contributed by atoms with Crippen molar-refractivity contribution >= 4 is 11.6 Å². The second-order valence-electron chi connectivity index (χ2n) is 2.72. The van der Waals surface area contributed by atoms with Crippen LogP contribution in [-0.2, 0) is 11.3 Å². The average Bonchev–Trinajstić information content (AvgIpc) is 2.07. The molecule has 0 aromatic heterocycles. The van der Waals surface area contributed by atoms with Gasteiger partial charge in [0.05, 0.1) is 6.61 Å². The third kappa shape index (κ3) is 2.48. The predicted octanol–water partition coefficient (Wildman–Crippen LogP) is 2.08. The Kier molecular flexibility index (Phi) is 3.53. The van der Waals surface area contributed by atoms with Crippen molar-refractivity contribution in [2.24, 2.45) is 5.90 Å². The summed E-state index contributed by atoms with van der Waals surface area (Å²) in [6, 6.07) is 5.92. The van der Waals surface area contributed by atoms with E-state index in [1.54, 1.807) is 0 Å². The maximum atomic E-state index is 5.94. The van der Waals surface area contributed by atoms with Crippen molar-refractivity contribution in [1.29, 1.82) is 0 Å². The van der Waals surface area contributed by atoms with Crippen LogP contribution in [0.25, 0.3) is 0 Å². The van der Waals surface area contributed by atoms with Gasteiger partial charge in [-0.25, -0.2) is 5.90 Å². The molecular formula is C9H12ClNO. The number of hydrogen-bond acceptors (Lipinski definition) is 2. The Morgan fingerprint density at radius 3 is 2.92 bits per heavy atom. The lowest BCUT2D eigenvalue weighted by molar-refractivity contribution is 0.141. The molecule has 0 spiro atoms. The molecule has 0 saturated carbocycles. The van der Waals surface area contributed by atoms with Gasteiger partial charge in [0.1, 0.15) is 0 Å². The lowest BCUT2D eigenvalue weighted by Crippen LogP contribution is -2.04. The van der Waals surface area contributed by atoms with Crippen LogP contribution in [0, 0.1) is 6.92 Å². The van der Waals surface area contributed by atoms with Crippen LogP contribution in [0.2, 0.25) is 5.02 Å². The molecule has 0 aliphatic carbocycles. The summed E-state index contributed by atoms with van der Waals surface area (Å²) in [6.07, 6.45) is 0.761. The Hall–Kier alpha value is -0.570. The van der Waals surface area contributed by atoms with Gasteiger partial charge >= 0.3 is 0 Å². The van der Waals surface area contributed by atoms with Crippen LogP contribution >= 0.6 is 11.6 Å². The highest BCUT2D eigenvalue weighted by Gasteiger charge is 1.99. The first-order valence-corrected chi connectivity index (χ1v) is 4.18. The van der Waals surface area contributed by atoms with E-state index in [9.17, 15) is 0 Å². The maximum absolute atomic E-state index is 5.94. The second kappa shape index (κ2) is 4.45. The summed E-state index contributed by atoms with van der Waals surface area (Å²) in [4.78, 5) is 4.48. The lowest BCUT2D eigenvalue weighted by atomic mass is 10.1. The summed E-state index contributed by atoms with van der Waals surface area (Å²) >= 11 is 5.94. The van der Waals surface area contributed by atoms with Crippen LogP contribution in [0.3, 0.4) is 0 Å². The van der Waals surface area contributed by atoms with E-state index in [0.717, 1.165) is 17.0 Å². The molecular weight excluding hydrogens is 174 g/mol. The Morgan fingerprint density at radius 1 is 1.50 bits per heavy atom. The molecule has 1 rings (SSSR count). The summed E-state index contributed by atoms with van der Waals surface area (Å²) in [5.74, 6) is 4.92. The van der Waals surface area contributed by atoms with E-state index in [1.165, 1.54) is 5.56 Å². The summed E-state index contributed by atoms with van der Waals surface area (Å²) < 4.78 is 0. The number of rotatable bonds is 3. The van der Waals surface area contributed by atoms with Gasteiger partial charge in [0.2, 0.25) is 0 Å². The maximum Gasteiger partial charge on any atom is 0.0720 e. The first-order valence-electron chi connectivity index (χ1n) is 3.80. The molecule has 12 heavy (non-hydrogen) atoms. The third-order valence-corrected chi connectivity index (χ3v) is 2.06. The zero-order chi connectivity index (χ0) is 8.97. The normalized spacial score (nSPS) is 10.2. The zero-order valence-electron chi connectivity index (χ0n) is 7.01. The molecule has 0 heterocycles. The van der Waals surface area contributed by atoms with Gasteiger partial charge in [-0.05, 0) is 25.0 Å². The smallest absolute Gasteiger partial charge is 0.0720 e. The van der Waals surface area contributed by atoms with Gasteiger partial charge in [-0.2, -0.15) is 0 Å². The van der Waals surface area contributed by atoms with E-state index in [4.69, 9.17) is 17.5 Å². The highest BCUT2D eigenvalue weighted by atomic mass is 35.5. The molecule has 0 aliphatic rings. The van der Waals surface area contributed by atoms with E-state index >= 15 is 0 Å². The van der Waals surface area contributed by atoms with Crippen LogP contribution < -0.4 is 5.90 Å². The number of aryl methyl sites for hydroxylation is 1. The molecule has 0 unspecified atom stereocenters. The molecule has 0 saturated heterocycles. The second-order valence-corrected chi connectivity index (χ2v) is 3.12. The minimum absolute atomic E-state index is 0.503. The van der Waals surface area contributed by atoms with E-state index in [1.807, 2.05) is 25.1 Å². The molecule has 0 aliphatic heterocycles. The minimum atomic E-state index is 0.503. The van der Waals surface area contributed by atoms with Crippen LogP contribution in [0.15, 0.2) is 18.2 Å². The molecule has 2 N–H and O–H groups in total. The van der Waals surface area contributed by atoms with Crippen molar-refractivity contribution in [2.75, 3.05) is 6.61 Å². The van der Waals surface area contributed by atoms with E-state index < -0.39 is 0 Å². The van der Waals surface area contributed by atoms with E-state index in [2.05, 4.69) is 4.84 Å². The number of benzene rings is 1. The van der Waals surface area contributed by atoms with Crippen LogP contribution in [-0.4, -0.2) is 6.61 Å². The number of nitrogens with two attached hydrogens (primary N) is 1. The molecule has 66 valence electrons. The number of hydrogen-bond donors (Lipinski definition) is 1. The molecule has 0 bridgehead atoms. The molecule has 1 aromatic carbocycles. The van der Waals surface area contributed by atoms with Crippen molar-refractivity contribution in [3.8, 4) is 0 Å². The standard InChI is InChI=1S/C9H12ClNO/c1-7-2-3-9(10)8(6-7)4-5-12-11/h2-3,6H,4-5,11H2,1H3. The fourth-order valence-electron chi connectivity index (χ4n) is 1.06. The molecule has 3 heteroatoms. The van der Waals surface area contributed by atoms with Crippen LogP contribution in [0.5, 0.6) is 0 Å². The van der Waals surface area contributed by atoms with Crippen molar-refractivity contribution in [3.05, 3.63) is 34.3 Å². The summed E-state index contributed by atoms with van der Waals surface area (Å²) in [5, 5.41) is 0.776. The van der Waals surface area contributed by atoms with Crippen molar-refractivity contribution < 1.29 is 4.84 Å². The summed E-state index contributed by atoms with van der Waals surface area (Å²) in [6.45, 7) is 2.53. The van der Waals surface area contributed by atoms with Gasteiger partial charge in [-0.3, -0.25) is 0 Å². The molecule has 2 nitrogen and oxygen atoms in total. The number of halogens is 1. The van der Waals surface area contributed by atoms with Gasteiger partial charge in [0.25, 0.3) is 0 Å². The predicted molar refractivity (Wildman–Crippen MR) is 50.0 cm³/mol. The summed E-state index contributed by atoms with van der Waals surface area (Å²) in [5.41, 5.74) is 2.29. The van der Waals surface area contributed by atoms with Gasteiger partial charge < -0.3 is 4.84 Å². The van der Waals surface area contributed by atoms with Crippen molar-refractivity contribution in [1.82, 2.24) is 0 Å². The topological polar surface area (TPSA) is 35.2 Å². The first-order chi connectivity index (χ1) is 5.74. The van der Waals surface area contributed by atoms with Crippen LogP contribution in [0.4, 0.5) is 0 Å². The van der Waals surface area contributed by atoms with Gasteiger partial charge in [-0.15, -0.1) is 0 Å². The van der Waals surface area contributed by atoms with Crippen molar-refractivity contribution in [2.45, 2.75) is 13.3 Å². The Labute approximate surface area is 77.2 Å². The lowest BCUT2D eigenvalue weighted by Gasteiger charge is -2.03. The Bertz CT molecular complexity index is 263. The fraction of sp³-hybridized carbons (Fsp3) is 0.333. The quantitative estimate of drug-likeness (QED) is 0.732. The van der Waals surface area contributed by atoms with Gasteiger partial charge in [-0.1, -0.05) is 29.3 Å². The molecule has 0 radical (unpaired) electrons. The summed E-state index contributed by atoms with van der Waals surface area (Å²) in [7, 11) is 0. The molecule has 0 amide bonds. The highest BCUT2D eigenvalue weighted by Crippen LogP contribution is 2.17. The van der Waals surface area contributed by atoms with E-state index in [0.29, 0.717) is 6.61 Å². The fourth-order valence-corrected chi connectivity index (χ4v) is 1.28. The van der Waals surface area contributed by atoms with Crippen LogP contribution in [0.1, 0.15) is 11.1 Å². The van der Waals surface area contributed by atoms with Gasteiger partial charge in [0.15, 0.2) is 0 Å². The first kappa shape index (κ1) is 9.52. The third-order valence-electron chi connectivity index (χ3n) is 1.69. The molecule has 0 atom stereocenters. The Balaban J connectivity index is 2.75. The Morgan fingerprint density at radius 2 is 2.25 bits per heavy atom. The largest absolute Gasteiger partial charge is 0.304 e. The van der Waals surface area contributed by atoms with Crippen molar-refractivity contribution in [3.63, 3.8) is 0 Å². The van der Waals surface area contributed by atoms with Gasteiger partial charge in [0, 0.05) is 5.02 Å².